The Labute approximate surface area is 139 Å². The first kappa shape index (κ1) is 17.7. The van der Waals surface area contributed by atoms with Crippen LogP contribution in [-0.4, -0.2) is 18.9 Å². The minimum absolute atomic E-state index is 0.191. The van der Waals surface area contributed by atoms with Gasteiger partial charge in [0.1, 0.15) is 0 Å². The zero-order chi connectivity index (χ0) is 15.9. The lowest BCUT2D eigenvalue weighted by atomic mass is 9.78. The quantitative estimate of drug-likeness (QED) is 0.232. The molecule has 0 saturated carbocycles. The van der Waals surface area contributed by atoms with Crippen LogP contribution in [0.15, 0.2) is 24.3 Å². The Kier molecular flexibility index (Phi) is 6.90. The highest BCUT2D eigenvalue weighted by atomic mass is 127. The third-order valence-electron chi connectivity index (χ3n) is 3.59. The number of terminal acetylenes is 1. The standard InChI is InChI=1S/C17H19IO3/c1-4-15(19)10-5-6-11-17(2,16(20)21-3)13-8-7-9-14(18)12-13/h1,7-9,12H,5-6,10-11H2,2-3H3. The maximum absolute atomic E-state index is 12.2. The lowest BCUT2D eigenvalue weighted by molar-refractivity contribution is -0.147. The Hall–Kier alpha value is -1.35. The summed E-state index contributed by atoms with van der Waals surface area (Å²) in [6, 6.07) is 7.84. The molecular weight excluding hydrogens is 379 g/mol. The van der Waals surface area contributed by atoms with Gasteiger partial charge in [-0.1, -0.05) is 18.6 Å². The van der Waals surface area contributed by atoms with Crippen LogP contribution in [0, 0.1) is 15.9 Å². The van der Waals surface area contributed by atoms with E-state index in [9.17, 15) is 9.59 Å². The van der Waals surface area contributed by atoms with Crippen molar-refractivity contribution in [1.82, 2.24) is 0 Å². The van der Waals surface area contributed by atoms with Gasteiger partial charge in [0.25, 0.3) is 0 Å². The summed E-state index contributed by atoms with van der Waals surface area (Å²) < 4.78 is 6.04. The number of esters is 1. The molecule has 0 amide bonds. The van der Waals surface area contributed by atoms with Gasteiger partial charge in [-0.05, 0) is 66.0 Å². The Balaban J connectivity index is 2.83. The van der Waals surface area contributed by atoms with Crippen molar-refractivity contribution in [2.75, 3.05) is 7.11 Å². The zero-order valence-electron chi connectivity index (χ0n) is 12.3. The van der Waals surface area contributed by atoms with Gasteiger partial charge in [-0.25, -0.2) is 0 Å². The van der Waals surface area contributed by atoms with E-state index < -0.39 is 5.41 Å². The van der Waals surface area contributed by atoms with E-state index in [4.69, 9.17) is 11.2 Å². The molecule has 0 saturated heterocycles. The predicted molar refractivity (Wildman–Crippen MR) is 90.8 cm³/mol. The summed E-state index contributed by atoms with van der Waals surface area (Å²) in [7, 11) is 1.40. The number of methoxy groups -OCH3 is 1. The molecule has 0 aromatic heterocycles. The number of ketones is 1. The number of hydrogen-bond acceptors (Lipinski definition) is 3. The Morgan fingerprint density at radius 2 is 2.10 bits per heavy atom. The maximum atomic E-state index is 12.2. The molecule has 1 rings (SSSR count). The molecule has 0 bridgehead atoms. The van der Waals surface area contributed by atoms with Crippen LogP contribution in [0.5, 0.6) is 0 Å². The first-order valence-corrected chi connectivity index (χ1v) is 7.86. The smallest absolute Gasteiger partial charge is 0.315 e. The average Bonchev–Trinajstić information content (AvgIpc) is 2.50. The Morgan fingerprint density at radius 1 is 1.38 bits per heavy atom. The fourth-order valence-corrected chi connectivity index (χ4v) is 2.80. The topological polar surface area (TPSA) is 43.4 Å². The first-order chi connectivity index (χ1) is 9.93. The second kappa shape index (κ2) is 8.18. The monoisotopic (exact) mass is 398 g/mol. The van der Waals surface area contributed by atoms with E-state index in [2.05, 4.69) is 28.5 Å². The molecule has 1 unspecified atom stereocenters. The maximum Gasteiger partial charge on any atom is 0.315 e. The van der Waals surface area contributed by atoms with Gasteiger partial charge in [0.2, 0.25) is 5.78 Å². The average molecular weight is 398 g/mol. The van der Waals surface area contributed by atoms with Crippen molar-refractivity contribution in [2.45, 2.75) is 38.0 Å². The Bertz CT molecular complexity index is 559. The van der Waals surface area contributed by atoms with Gasteiger partial charge in [0, 0.05) is 9.99 Å². The van der Waals surface area contributed by atoms with Gasteiger partial charge in [0.15, 0.2) is 0 Å². The van der Waals surface area contributed by atoms with Gasteiger partial charge in [-0.15, -0.1) is 6.42 Å². The van der Waals surface area contributed by atoms with Crippen molar-refractivity contribution < 1.29 is 14.3 Å². The molecule has 0 heterocycles. The molecule has 112 valence electrons. The second-order valence-corrected chi connectivity index (χ2v) is 6.35. The number of carbonyl (C=O) groups is 2. The molecule has 0 fully saturated rings. The molecule has 0 spiro atoms. The molecule has 4 heteroatoms. The van der Waals surface area contributed by atoms with Crippen LogP contribution in [0.2, 0.25) is 0 Å². The third kappa shape index (κ3) is 4.85. The number of Topliss-reactive ketones (excluding diaryl/α,β-unsaturated/α-hetero) is 1. The molecule has 21 heavy (non-hydrogen) atoms. The van der Waals surface area contributed by atoms with Crippen LogP contribution in [0.1, 0.15) is 38.2 Å². The highest BCUT2D eigenvalue weighted by Gasteiger charge is 2.35. The summed E-state index contributed by atoms with van der Waals surface area (Å²) in [5.41, 5.74) is 0.235. The zero-order valence-corrected chi connectivity index (χ0v) is 14.5. The molecule has 0 radical (unpaired) electrons. The van der Waals surface area contributed by atoms with E-state index in [-0.39, 0.29) is 11.8 Å². The summed E-state index contributed by atoms with van der Waals surface area (Å²) in [6.07, 6.45) is 7.45. The Morgan fingerprint density at radius 3 is 2.67 bits per heavy atom. The minimum atomic E-state index is -0.699. The summed E-state index contributed by atoms with van der Waals surface area (Å²) in [5, 5.41) is 0. The van der Waals surface area contributed by atoms with Crippen molar-refractivity contribution in [2.24, 2.45) is 0 Å². The van der Waals surface area contributed by atoms with E-state index in [1.54, 1.807) is 0 Å². The van der Waals surface area contributed by atoms with E-state index in [0.717, 1.165) is 15.6 Å². The first-order valence-electron chi connectivity index (χ1n) is 6.78. The van der Waals surface area contributed by atoms with E-state index in [0.29, 0.717) is 19.3 Å². The number of carbonyl (C=O) groups excluding carboxylic acids is 2. The molecular formula is C17H19IO3. The van der Waals surface area contributed by atoms with Gasteiger partial charge >= 0.3 is 5.97 Å². The van der Waals surface area contributed by atoms with Crippen LogP contribution in [0.4, 0.5) is 0 Å². The lowest BCUT2D eigenvalue weighted by Gasteiger charge is -2.27. The van der Waals surface area contributed by atoms with Gasteiger partial charge in [-0.2, -0.15) is 0 Å². The fourth-order valence-electron chi connectivity index (χ4n) is 2.26. The summed E-state index contributed by atoms with van der Waals surface area (Å²) in [4.78, 5) is 23.3. The number of hydrogen-bond donors (Lipinski definition) is 0. The number of ether oxygens (including phenoxy) is 1. The molecule has 1 aromatic rings. The number of halogens is 1. The largest absolute Gasteiger partial charge is 0.468 e. The highest BCUT2D eigenvalue weighted by Crippen LogP contribution is 2.32. The molecule has 0 aliphatic rings. The lowest BCUT2D eigenvalue weighted by Crippen LogP contribution is -2.34. The van der Waals surface area contributed by atoms with Crippen LogP contribution in [0.3, 0.4) is 0 Å². The normalized spacial score (nSPS) is 13.0. The molecule has 0 aliphatic carbocycles. The number of unbranched alkanes of at least 4 members (excludes halogenated alkanes) is 1. The summed E-state index contributed by atoms with van der Waals surface area (Å²) in [5.74, 6) is 1.66. The molecule has 1 atom stereocenters. The highest BCUT2D eigenvalue weighted by molar-refractivity contribution is 14.1. The minimum Gasteiger partial charge on any atom is -0.468 e. The van der Waals surface area contributed by atoms with Gasteiger partial charge < -0.3 is 4.74 Å². The summed E-state index contributed by atoms with van der Waals surface area (Å²) in [6.45, 7) is 1.88. The summed E-state index contributed by atoms with van der Waals surface area (Å²) >= 11 is 2.22. The van der Waals surface area contributed by atoms with E-state index in [1.165, 1.54) is 7.11 Å². The molecule has 3 nitrogen and oxygen atoms in total. The SMILES string of the molecule is C#CC(=O)CCCCC(C)(C(=O)OC)c1cccc(I)c1. The van der Waals surface area contributed by atoms with Crippen molar-refractivity contribution in [3.05, 3.63) is 33.4 Å². The van der Waals surface area contributed by atoms with Crippen LogP contribution >= 0.6 is 22.6 Å². The van der Waals surface area contributed by atoms with Crippen LogP contribution in [-0.2, 0) is 19.7 Å². The molecule has 0 aliphatic heterocycles. The number of benzene rings is 1. The van der Waals surface area contributed by atoms with E-state index in [1.807, 2.05) is 31.2 Å². The van der Waals surface area contributed by atoms with Crippen molar-refractivity contribution in [1.29, 1.82) is 0 Å². The van der Waals surface area contributed by atoms with Gasteiger partial charge in [0.05, 0.1) is 12.5 Å². The van der Waals surface area contributed by atoms with Crippen molar-refractivity contribution in [3.63, 3.8) is 0 Å². The predicted octanol–water partition coefficient (Wildman–Crippen LogP) is 3.48. The van der Waals surface area contributed by atoms with Crippen LogP contribution < -0.4 is 0 Å². The molecule has 0 N–H and O–H groups in total. The fraction of sp³-hybridized carbons (Fsp3) is 0.412. The van der Waals surface area contributed by atoms with Gasteiger partial charge in [-0.3, -0.25) is 9.59 Å². The number of rotatable bonds is 7. The van der Waals surface area contributed by atoms with Crippen molar-refractivity contribution >= 4 is 34.3 Å². The second-order valence-electron chi connectivity index (χ2n) is 5.11. The van der Waals surface area contributed by atoms with Crippen molar-refractivity contribution in [3.8, 4) is 12.3 Å². The third-order valence-corrected chi connectivity index (χ3v) is 4.26. The van der Waals surface area contributed by atoms with E-state index >= 15 is 0 Å². The molecule has 1 aromatic carbocycles. The van der Waals surface area contributed by atoms with Crippen LogP contribution in [0.25, 0.3) is 0 Å².